The molecule has 2 fully saturated rings. The van der Waals surface area contributed by atoms with Gasteiger partial charge in [0.25, 0.3) is 0 Å². The zero-order chi connectivity index (χ0) is 16.2. The third kappa shape index (κ3) is 4.14. The molecule has 1 saturated heterocycles. The van der Waals surface area contributed by atoms with Crippen LogP contribution in [0.2, 0.25) is 0 Å². The molecule has 2 heterocycles. The summed E-state index contributed by atoms with van der Waals surface area (Å²) >= 11 is 1.68. The molecule has 0 aromatic carbocycles. The fourth-order valence-corrected chi connectivity index (χ4v) is 4.15. The number of carbonyl (C=O) groups is 1. The van der Waals surface area contributed by atoms with Crippen LogP contribution in [0, 0.1) is 6.92 Å². The van der Waals surface area contributed by atoms with Gasteiger partial charge in [0.2, 0.25) is 0 Å². The summed E-state index contributed by atoms with van der Waals surface area (Å²) in [5, 5.41) is 6.34. The number of hydrogen-bond acceptors (Lipinski definition) is 5. The monoisotopic (exact) mass is 338 g/mol. The van der Waals surface area contributed by atoms with Crippen LogP contribution in [0.1, 0.15) is 31.4 Å². The standard InChI is InChI=1S/C16H26N4O2S/c1-12-11-23-16(17-12)20-9-7-19(8-10-20)15(21)18-13-3-5-14(22-2)6-4-13/h11,13-14H,3-10H2,1-2H3,(H,18,21). The summed E-state index contributed by atoms with van der Waals surface area (Å²) in [6, 6.07) is 0.384. The Bertz CT molecular complexity index is 520. The van der Waals surface area contributed by atoms with Crippen molar-refractivity contribution in [2.45, 2.75) is 44.8 Å². The van der Waals surface area contributed by atoms with Gasteiger partial charge in [0.05, 0.1) is 11.8 Å². The van der Waals surface area contributed by atoms with Crippen molar-refractivity contribution >= 4 is 22.5 Å². The molecule has 1 aliphatic heterocycles. The third-order valence-electron chi connectivity index (χ3n) is 4.78. The lowest BCUT2D eigenvalue weighted by Gasteiger charge is -2.36. The highest BCUT2D eigenvalue weighted by Gasteiger charge is 2.26. The van der Waals surface area contributed by atoms with Crippen LogP contribution in [-0.2, 0) is 4.74 Å². The number of urea groups is 1. The quantitative estimate of drug-likeness (QED) is 0.918. The zero-order valence-electron chi connectivity index (χ0n) is 14.0. The van der Waals surface area contributed by atoms with Crippen LogP contribution >= 0.6 is 11.3 Å². The van der Waals surface area contributed by atoms with Crippen molar-refractivity contribution in [1.82, 2.24) is 15.2 Å². The maximum absolute atomic E-state index is 12.4. The summed E-state index contributed by atoms with van der Waals surface area (Å²) in [6.07, 6.45) is 4.48. The number of nitrogens with one attached hydrogen (secondary N) is 1. The van der Waals surface area contributed by atoms with Gasteiger partial charge in [-0.15, -0.1) is 11.3 Å². The molecule has 1 aromatic rings. The van der Waals surface area contributed by atoms with E-state index < -0.39 is 0 Å². The van der Waals surface area contributed by atoms with Gasteiger partial charge in [0.1, 0.15) is 0 Å². The molecule has 23 heavy (non-hydrogen) atoms. The Hall–Kier alpha value is -1.34. The van der Waals surface area contributed by atoms with E-state index in [1.165, 1.54) is 0 Å². The Morgan fingerprint density at radius 1 is 1.26 bits per heavy atom. The molecule has 2 amide bonds. The minimum atomic E-state index is 0.0841. The van der Waals surface area contributed by atoms with Gasteiger partial charge in [-0.05, 0) is 32.6 Å². The summed E-state index contributed by atoms with van der Waals surface area (Å²) in [6.45, 7) is 5.26. The molecular formula is C16H26N4O2S. The number of anilines is 1. The lowest BCUT2D eigenvalue weighted by atomic mass is 9.93. The van der Waals surface area contributed by atoms with Gasteiger partial charge in [0.15, 0.2) is 5.13 Å². The van der Waals surface area contributed by atoms with Gasteiger partial charge in [-0.2, -0.15) is 0 Å². The summed E-state index contributed by atoms with van der Waals surface area (Å²) in [7, 11) is 1.77. The molecule has 128 valence electrons. The molecule has 6 nitrogen and oxygen atoms in total. The van der Waals surface area contributed by atoms with E-state index in [-0.39, 0.29) is 6.03 Å². The van der Waals surface area contributed by atoms with Crippen LogP contribution in [-0.4, -0.2) is 61.3 Å². The van der Waals surface area contributed by atoms with Gasteiger partial charge in [0, 0.05) is 44.7 Å². The third-order valence-corrected chi connectivity index (χ3v) is 5.80. The molecule has 0 radical (unpaired) electrons. The minimum absolute atomic E-state index is 0.0841. The highest BCUT2D eigenvalue weighted by molar-refractivity contribution is 7.13. The second-order valence-electron chi connectivity index (χ2n) is 6.40. The summed E-state index contributed by atoms with van der Waals surface area (Å²) in [5.74, 6) is 0. The van der Waals surface area contributed by atoms with Crippen molar-refractivity contribution in [1.29, 1.82) is 0 Å². The molecule has 0 spiro atoms. The number of aryl methyl sites for hydroxylation is 1. The predicted molar refractivity (Wildman–Crippen MR) is 92.2 cm³/mol. The number of carbonyl (C=O) groups excluding carboxylic acids is 1. The van der Waals surface area contributed by atoms with Crippen LogP contribution in [0.15, 0.2) is 5.38 Å². The van der Waals surface area contributed by atoms with E-state index in [0.717, 1.165) is 62.7 Å². The van der Waals surface area contributed by atoms with Crippen LogP contribution in [0.3, 0.4) is 0 Å². The van der Waals surface area contributed by atoms with E-state index in [1.54, 1.807) is 18.4 Å². The van der Waals surface area contributed by atoms with Gasteiger partial charge in [-0.3, -0.25) is 0 Å². The summed E-state index contributed by atoms with van der Waals surface area (Å²) < 4.78 is 5.38. The topological polar surface area (TPSA) is 57.7 Å². The number of piperazine rings is 1. The van der Waals surface area contributed by atoms with Gasteiger partial charge in [-0.1, -0.05) is 0 Å². The molecular weight excluding hydrogens is 312 g/mol. The predicted octanol–water partition coefficient (Wildman–Crippen LogP) is 2.24. The van der Waals surface area contributed by atoms with Crippen molar-refractivity contribution in [3.63, 3.8) is 0 Å². The largest absolute Gasteiger partial charge is 0.381 e. The minimum Gasteiger partial charge on any atom is -0.381 e. The second-order valence-corrected chi connectivity index (χ2v) is 7.24. The SMILES string of the molecule is COC1CCC(NC(=O)N2CCN(c3nc(C)cs3)CC2)CC1. The first-order valence-corrected chi connectivity index (χ1v) is 9.29. The highest BCUT2D eigenvalue weighted by atomic mass is 32.1. The Labute approximate surface area is 141 Å². The lowest BCUT2D eigenvalue weighted by molar-refractivity contribution is 0.0627. The van der Waals surface area contributed by atoms with Crippen LogP contribution in [0.5, 0.6) is 0 Å². The maximum Gasteiger partial charge on any atom is 0.317 e. The molecule has 2 aliphatic rings. The Balaban J connectivity index is 1.43. The molecule has 0 bridgehead atoms. The molecule has 7 heteroatoms. The summed E-state index contributed by atoms with van der Waals surface area (Å²) in [4.78, 5) is 21.1. The van der Waals surface area contributed by atoms with Crippen LogP contribution in [0.25, 0.3) is 0 Å². The van der Waals surface area contributed by atoms with E-state index in [9.17, 15) is 4.79 Å². The first kappa shape index (κ1) is 16.5. The summed E-state index contributed by atoms with van der Waals surface area (Å²) in [5.41, 5.74) is 1.07. The van der Waals surface area contributed by atoms with Crippen molar-refractivity contribution in [3.8, 4) is 0 Å². The highest BCUT2D eigenvalue weighted by Crippen LogP contribution is 2.22. The van der Waals surface area contributed by atoms with E-state index in [1.807, 2.05) is 11.8 Å². The number of aromatic nitrogens is 1. The molecule has 0 atom stereocenters. The molecule has 1 aliphatic carbocycles. The Morgan fingerprint density at radius 2 is 1.96 bits per heavy atom. The molecule has 1 aromatic heterocycles. The van der Waals surface area contributed by atoms with Crippen LogP contribution in [0.4, 0.5) is 9.93 Å². The van der Waals surface area contributed by atoms with Crippen molar-refractivity contribution in [3.05, 3.63) is 11.1 Å². The fraction of sp³-hybridized carbons (Fsp3) is 0.750. The number of amides is 2. The fourth-order valence-electron chi connectivity index (χ4n) is 3.30. The number of ether oxygens (including phenoxy) is 1. The molecule has 0 unspecified atom stereocenters. The normalized spacial score (nSPS) is 25.5. The lowest BCUT2D eigenvalue weighted by Crippen LogP contribution is -2.54. The van der Waals surface area contributed by atoms with E-state index in [4.69, 9.17) is 4.74 Å². The smallest absolute Gasteiger partial charge is 0.317 e. The Morgan fingerprint density at radius 3 is 2.52 bits per heavy atom. The Kier molecular flexibility index (Phi) is 5.38. The number of hydrogen-bond donors (Lipinski definition) is 1. The van der Waals surface area contributed by atoms with E-state index >= 15 is 0 Å². The zero-order valence-corrected chi connectivity index (χ0v) is 14.8. The maximum atomic E-state index is 12.4. The van der Waals surface area contributed by atoms with Gasteiger partial charge >= 0.3 is 6.03 Å². The first-order valence-electron chi connectivity index (χ1n) is 8.41. The van der Waals surface area contributed by atoms with Crippen LogP contribution < -0.4 is 10.2 Å². The number of nitrogens with zero attached hydrogens (tertiary/aromatic N) is 3. The van der Waals surface area contributed by atoms with E-state index in [2.05, 4.69) is 20.6 Å². The van der Waals surface area contributed by atoms with E-state index in [0.29, 0.717) is 12.1 Å². The number of rotatable bonds is 3. The van der Waals surface area contributed by atoms with Crippen molar-refractivity contribution in [2.24, 2.45) is 0 Å². The van der Waals surface area contributed by atoms with Crippen molar-refractivity contribution in [2.75, 3.05) is 38.2 Å². The average Bonchev–Trinajstić information content (AvgIpc) is 3.02. The number of thiazole rings is 1. The molecule has 3 rings (SSSR count). The second kappa shape index (κ2) is 7.49. The number of methoxy groups -OCH3 is 1. The van der Waals surface area contributed by atoms with Gasteiger partial charge < -0.3 is 19.9 Å². The first-order chi connectivity index (χ1) is 11.2. The van der Waals surface area contributed by atoms with Gasteiger partial charge in [-0.25, -0.2) is 9.78 Å². The average molecular weight is 338 g/mol. The van der Waals surface area contributed by atoms with Crippen molar-refractivity contribution < 1.29 is 9.53 Å². The molecule has 1 saturated carbocycles. The molecule has 1 N–H and O–H groups in total.